The number of carbonyl (C=O) groups excluding carboxylic acids is 2. The Bertz CT molecular complexity index is 988. The lowest BCUT2D eigenvalue weighted by atomic mass is 9.85. The van der Waals surface area contributed by atoms with Gasteiger partial charge in [0.05, 0.1) is 5.52 Å². The van der Waals surface area contributed by atoms with Crippen LogP contribution >= 0.6 is 11.6 Å². The van der Waals surface area contributed by atoms with E-state index < -0.39 is 0 Å². The fourth-order valence-electron chi connectivity index (χ4n) is 3.30. The summed E-state index contributed by atoms with van der Waals surface area (Å²) >= 11 is 5.64. The van der Waals surface area contributed by atoms with Crippen molar-refractivity contribution in [2.24, 2.45) is 7.05 Å². The second-order valence-corrected chi connectivity index (χ2v) is 5.81. The number of hydrogen-bond acceptors (Lipinski definition) is 2. The van der Waals surface area contributed by atoms with Gasteiger partial charge in [-0.25, -0.2) is 0 Å². The van der Waals surface area contributed by atoms with Crippen molar-refractivity contribution in [1.82, 2.24) is 4.57 Å². The zero-order valence-electron chi connectivity index (χ0n) is 12.4. The van der Waals surface area contributed by atoms with E-state index in [0.29, 0.717) is 16.9 Å². The summed E-state index contributed by atoms with van der Waals surface area (Å²) in [4.78, 5) is 24.6. The van der Waals surface area contributed by atoms with E-state index in [1.807, 2.05) is 54.1 Å². The van der Waals surface area contributed by atoms with Crippen LogP contribution in [0.25, 0.3) is 22.0 Å². The molecule has 0 bridgehead atoms. The number of alkyl halides is 1. The van der Waals surface area contributed by atoms with Crippen LogP contribution in [0.1, 0.15) is 15.9 Å². The molecule has 0 unspecified atom stereocenters. The van der Waals surface area contributed by atoms with Crippen LogP contribution in [0.15, 0.2) is 42.5 Å². The van der Waals surface area contributed by atoms with Crippen molar-refractivity contribution in [3.63, 3.8) is 0 Å². The van der Waals surface area contributed by atoms with E-state index in [2.05, 4.69) is 5.32 Å². The highest BCUT2D eigenvalue weighted by Crippen LogP contribution is 2.45. The molecule has 0 atom stereocenters. The minimum absolute atomic E-state index is 0.0134. The molecule has 4 nitrogen and oxygen atoms in total. The summed E-state index contributed by atoms with van der Waals surface area (Å²) in [5, 5.41) is 3.74. The largest absolute Gasteiger partial charge is 0.330 e. The first-order valence-corrected chi connectivity index (χ1v) is 7.78. The zero-order valence-corrected chi connectivity index (χ0v) is 13.1. The number of aryl methyl sites for hydroxylation is 1. The van der Waals surface area contributed by atoms with Crippen LogP contribution in [0, 0.1) is 0 Å². The van der Waals surface area contributed by atoms with Gasteiger partial charge in [0.2, 0.25) is 5.91 Å². The number of aromatic nitrogens is 1. The molecule has 1 aromatic heterocycles. The summed E-state index contributed by atoms with van der Waals surface area (Å²) in [6, 6.07) is 13.1. The van der Waals surface area contributed by atoms with Crippen LogP contribution < -0.4 is 5.32 Å². The van der Waals surface area contributed by atoms with E-state index in [-0.39, 0.29) is 17.6 Å². The minimum atomic E-state index is -0.273. The predicted octanol–water partition coefficient (Wildman–Crippen LogP) is 3.57. The molecular weight excluding hydrogens is 312 g/mol. The molecule has 2 aromatic carbocycles. The molecule has 1 aliphatic rings. The molecule has 5 heteroatoms. The van der Waals surface area contributed by atoms with Gasteiger partial charge in [0.1, 0.15) is 11.7 Å². The molecule has 1 N–H and O–H groups in total. The molecule has 1 heterocycles. The van der Waals surface area contributed by atoms with Gasteiger partial charge in [0.15, 0.2) is 5.78 Å². The van der Waals surface area contributed by atoms with E-state index in [4.69, 9.17) is 11.6 Å². The second-order valence-electron chi connectivity index (χ2n) is 5.54. The van der Waals surface area contributed by atoms with Crippen LogP contribution in [0.3, 0.4) is 0 Å². The first-order valence-electron chi connectivity index (χ1n) is 7.24. The monoisotopic (exact) mass is 324 g/mol. The van der Waals surface area contributed by atoms with Crippen molar-refractivity contribution in [3.8, 4) is 11.1 Å². The number of carbonyl (C=O) groups is 2. The quantitative estimate of drug-likeness (QED) is 0.573. The number of amides is 1. The number of halogens is 1. The number of benzene rings is 2. The summed E-state index contributed by atoms with van der Waals surface area (Å²) in [5.41, 5.74) is 3.95. The number of rotatable bonds is 2. The van der Waals surface area contributed by atoms with Crippen molar-refractivity contribution in [3.05, 3.63) is 53.6 Å². The highest BCUT2D eigenvalue weighted by atomic mass is 35.5. The molecule has 0 aliphatic heterocycles. The standard InChI is InChI=1S/C18H13ClN2O2/c1-21-13-8-4-7-12-15(13)16(18(21)20-14(22)9-19)10-5-2-3-6-11(10)17(12)23/h2-8H,9H2,1H3,(H,20,22). The van der Waals surface area contributed by atoms with Gasteiger partial charge in [-0.15, -0.1) is 11.6 Å². The van der Waals surface area contributed by atoms with Gasteiger partial charge < -0.3 is 9.88 Å². The molecule has 0 saturated heterocycles. The number of anilines is 1. The Kier molecular flexibility index (Phi) is 3.03. The van der Waals surface area contributed by atoms with Gasteiger partial charge in [-0.2, -0.15) is 0 Å². The summed E-state index contributed by atoms with van der Waals surface area (Å²) in [5.74, 6) is 0.288. The number of nitrogens with one attached hydrogen (secondary N) is 1. The summed E-state index contributed by atoms with van der Waals surface area (Å²) in [6.45, 7) is 0. The third kappa shape index (κ3) is 1.85. The summed E-state index contributed by atoms with van der Waals surface area (Å²) in [6.07, 6.45) is 0. The Morgan fingerprint density at radius 1 is 1.09 bits per heavy atom. The van der Waals surface area contributed by atoms with Crippen molar-refractivity contribution in [2.45, 2.75) is 0 Å². The lowest BCUT2D eigenvalue weighted by molar-refractivity contribution is -0.114. The van der Waals surface area contributed by atoms with Gasteiger partial charge in [0, 0.05) is 29.1 Å². The Labute approximate surface area is 137 Å². The van der Waals surface area contributed by atoms with E-state index >= 15 is 0 Å². The fourth-order valence-corrected chi connectivity index (χ4v) is 3.36. The predicted molar refractivity (Wildman–Crippen MR) is 91.1 cm³/mol. The molecule has 0 spiro atoms. The molecule has 3 aromatic rings. The maximum Gasteiger partial charge on any atom is 0.240 e. The average molecular weight is 325 g/mol. The van der Waals surface area contributed by atoms with Gasteiger partial charge in [-0.3, -0.25) is 9.59 Å². The first kappa shape index (κ1) is 14.0. The minimum Gasteiger partial charge on any atom is -0.330 e. The topological polar surface area (TPSA) is 51.1 Å². The summed E-state index contributed by atoms with van der Waals surface area (Å²) in [7, 11) is 1.87. The molecule has 0 radical (unpaired) electrons. The Balaban J connectivity index is 2.14. The number of nitrogens with zero attached hydrogens (tertiary/aromatic N) is 1. The molecule has 114 valence electrons. The highest BCUT2D eigenvalue weighted by Gasteiger charge is 2.30. The molecule has 23 heavy (non-hydrogen) atoms. The van der Waals surface area contributed by atoms with E-state index in [0.717, 1.165) is 22.0 Å². The summed E-state index contributed by atoms with van der Waals surface area (Å²) < 4.78 is 1.90. The van der Waals surface area contributed by atoms with Gasteiger partial charge in [-0.05, 0) is 11.6 Å². The smallest absolute Gasteiger partial charge is 0.240 e. The Hall–Kier alpha value is -2.59. The van der Waals surface area contributed by atoms with Crippen LogP contribution in [-0.2, 0) is 11.8 Å². The van der Waals surface area contributed by atoms with Crippen molar-refractivity contribution < 1.29 is 9.59 Å². The number of fused-ring (bicyclic) bond motifs is 2. The molecule has 1 amide bonds. The van der Waals surface area contributed by atoms with Crippen molar-refractivity contribution in [1.29, 1.82) is 0 Å². The number of hydrogen-bond donors (Lipinski definition) is 1. The molecule has 1 aliphatic carbocycles. The van der Waals surface area contributed by atoms with Crippen molar-refractivity contribution >= 4 is 40.0 Å². The third-order valence-electron chi connectivity index (χ3n) is 4.29. The Morgan fingerprint density at radius 3 is 2.52 bits per heavy atom. The number of ketones is 1. The van der Waals surface area contributed by atoms with Crippen LogP contribution in [0.4, 0.5) is 5.82 Å². The van der Waals surface area contributed by atoms with Crippen LogP contribution in [0.2, 0.25) is 0 Å². The van der Waals surface area contributed by atoms with E-state index in [1.54, 1.807) is 0 Å². The maximum atomic E-state index is 12.8. The highest BCUT2D eigenvalue weighted by molar-refractivity contribution is 6.31. The normalized spacial score (nSPS) is 12.3. The Morgan fingerprint density at radius 2 is 1.78 bits per heavy atom. The SMILES string of the molecule is Cn1c(NC(=O)CCl)c2c3c(cccc31)C(=O)c1ccccc1-2. The van der Waals surface area contributed by atoms with E-state index in [1.165, 1.54) is 0 Å². The molecular formula is C18H13ClN2O2. The maximum absolute atomic E-state index is 12.8. The molecule has 0 fully saturated rings. The average Bonchev–Trinajstić information content (AvgIpc) is 2.86. The molecule has 0 saturated carbocycles. The van der Waals surface area contributed by atoms with E-state index in [9.17, 15) is 9.59 Å². The van der Waals surface area contributed by atoms with Gasteiger partial charge >= 0.3 is 0 Å². The first-order chi connectivity index (χ1) is 11.1. The van der Waals surface area contributed by atoms with Crippen molar-refractivity contribution in [2.75, 3.05) is 11.2 Å². The third-order valence-corrected chi connectivity index (χ3v) is 4.53. The lowest BCUT2D eigenvalue weighted by Gasteiger charge is -2.17. The van der Waals surface area contributed by atoms with Gasteiger partial charge in [0.25, 0.3) is 0 Å². The van der Waals surface area contributed by atoms with Gasteiger partial charge in [-0.1, -0.05) is 36.4 Å². The van der Waals surface area contributed by atoms with Crippen LogP contribution in [0.5, 0.6) is 0 Å². The fraction of sp³-hybridized carbons (Fsp3) is 0.111. The second kappa shape index (κ2) is 4.96. The molecule has 4 rings (SSSR count). The van der Waals surface area contributed by atoms with Crippen LogP contribution in [-0.4, -0.2) is 22.1 Å². The lowest BCUT2D eigenvalue weighted by Crippen LogP contribution is -2.16. The zero-order chi connectivity index (χ0) is 16.1.